The van der Waals surface area contributed by atoms with Crippen molar-refractivity contribution in [2.24, 2.45) is 0 Å². The Morgan fingerprint density at radius 2 is 1.11 bits per heavy atom. The van der Waals surface area contributed by atoms with E-state index in [9.17, 15) is 0 Å². The summed E-state index contributed by atoms with van der Waals surface area (Å²) in [7, 11) is 0. The molecule has 0 aromatic rings. The van der Waals surface area contributed by atoms with Crippen LogP contribution in [0.25, 0.3) is 0 Å². The molecule has 0 N–H and O–H groups in total. The summed E-state index contributed by atoms with van der Waals surface area (Å²) in [4.78, 5) is 0. The first-order valence-corrected chi connectivity index (χ1v) is 9.38. The van der Waals surface area contributed by atoms with Crippen molar-refractivity contribution in [3.05, 3.63) is 11.5 Å². The summed E-state index contributed by atoms with van der Waals surface area (Å²) >= 11 is 1.81. The van der Waals surface area contributed by atoms with E-state index in [0.717, 1.165) is 0 Å². The zero-order valence-corrected chi connectivity index (χ0v) is 13.6. The molecule has 0 spiro atoms. The molecule has 0 aliphatic rings. The molecule has 0 aromatic heterocycles. The number of rotatable bonds is 14. The van der Waals surface area contributed by atoms with Crippen molar-refractivity contribution >= 4 is 11.8 Å². The average Bonchev–Trinajstić information content (AvgIpc) is 2.39. The number of hydrogen-bond donors (Lipinski definition) is 0. The molecular weight excluding hydrogens is 236 g/mol. The van der Waals surface area contributed by atoms with Crippen LogP contribution in [0.1, 0.15) is 90.4 Å². The maximum Gasteiger partial charge on any atom is -0.0142 e. The minimum Gasteiger partial charge on any atom is -0.138 e. The maximum atomic E-state index is 2.31. The summed E-state index contributed by atoms with van der Waals surface area (Å²) in [6.45, 7) is 2.29. The van der Waals surface area contributed by atoms with Gasteiger partial charge in [-0.15, -0.1) is 11.8 Å². The molecule has 0 rings (SSSR count). The minimum absolute atomic E-state index is 1.28. The second-order valence-corrected chi connectivity index (χ2v) is 6.03. The van der Waals surface area contributed by atoms with Gasteiger partial charge in [0.1, 0.15) is 0 Å². The van der Waals surface area contributed by atoms with Crippen LogP contribution >= 0.6 is 11.8 Å². The second kappa shape index (κ2) is 17.1. The Morgan fingerprint density at radius 1 is 0.667 bits per heavy atom. The fourth-order valence-electron chi connectivity index (χ4n) is 2.27. The highest BCUT2D eigenvalue weighted by atomic mass is 32.2. The fourth-order valence-corrected chi connectivity index (χ4v) is 2.60. The lowest BCUT2D eigenvalue weighted by atomic mass is 10.0. The molecule has 0 heterocycles. The van der Waals surface area contributed by atoms with Gasteiger partial charge < -0.3 is 0 Å². The predicted octanol–water partition coefficient (Wildman–Crippen LogP) is 6.95. The normalized spacial score (nSPS) is 11.4. The van der Waals surface area contributed by atoms with Crippen LogP contribution in [0.3, 0.4) is 0 Å². The predicted molar refractivity (Wildman–Crippen MR) is 88.4 cm³/mol. The minimum atomic E-state index is 1.28. The Balaban J connectivity index is 2.92. The molecule has 0 atom stereocenters. The molecule has 0 saturated carbocycles. The Bertz CT molecular complexity index is 163. The SMILES string of the molecule is CCCCCCCCCCCCCCC=CSC. The van der Waals surface area contributed by atoms with Crippen molar-refractivity contribution < 1.29 is 0 Å². The molecule has 0 bridgehead atoms. The van der Waals surface area contributed by atoms with E-state index in [1.165, 1.54) is 83.5 Å². The number of thioether (sulfide) groups is 1. The van der Waals surface area contributed by atoms with E-state index in [4.69, 9.17) is 0 Å². The second-order valence-electron chi connectivity index (χ2n) is 5.29. The van der Waals surface area contributed by atoms with Crippen LogP contribution in [-0.2, 0) is 0 Å². The molecular formula is C17H34S. The molecule has 18 heavy (non-hydrogen) atoms. The van der Waals surface area contributed by atoms with Crippen molar-refractivity contribution in [3.8, 4) is 0 Å². The molecule has 108 valence electrons. The third-order valence-corrected chi connectivity index (χ3v) is 3.92. The molecule has 0 amide bonds. The van der Waals surface area contributed by atoms with Crippen LogP contribution < -0.4 is 0 Å². The van der Waals surface area contributed by atoms with Crippen LogP contribution in [-0.4, -0.2) is 6.26 Å². The number of unbranched alkanes of at least 4 members (excludes halogenated alkanes) is 12. The van der Waals surface area contributed by atoms with Crippen LogP contribution in [0.2, 0.25) is 0 Å². The van der Waals surface area contributed by atoms with Gasteiger partial charge in [0.15, 0.2) is 0 Å². The Hall–Kier alpha value is 0.0900. The fraction of sp³-hybridized carbons (Fsp3) is 0.882. The summed E-state index contributed by atoms with van der Waals surface area (Å²) in [6.07, 6.45) is 23.0. The lowest BCUT2D eigenvalue weighted by Crippen LogP contribution is -1.82. The lowest BCUT2D eigenvalue weighted by molar-refractivity contribution is 0.545. The largest absolute Gasteiger partial charge is 0.138 e. The van der Waals surface area contributed by atoms with Crippen molar-refractivity contribution in [2.75, 3.05) is 6.26 Å². The molecule has 0 unspecified atom stereocenters. The van der Waals surface area contributed by atoms with Crippen molar-refractivity contribution in [3.63, 3.8) is 0 Å². The standard InChI is InChI=1S/C17H34S/c1-3-4-5-6-7-8-9-10-11-12-13-14-15-16-17-18-2/h16-17H,3-15H2,1-2H3. The molecule has 0 fully saturated rings. The molecule has 1 heteroatoms. The lowest BCUT2D eigenvalue weighted by Gasteiger charge is -2.02. The van der Waals surface area contributed by atoms with Gasteiger partial charge in [-0.2, -0.15) is 0 Å². The van der Waals surface area contributed by atoms with Gasteiger partial charge in [0.25, 0.3) is 0 Å². The first kappa shape index (κ1) is 18.1. The number of allylic oxidation sites excluding steroid dienone is 1. The molecule has 0 radical (unpaired) electrons. The summed E-state index contributed by atoms with van der Waals surface area (Å²) in [5.74, 6) is 0. The van der Waals surface area contributed by atoms with E-state index in [-0.39, 0.29) is 0 Å². The van der Waals surface area contributed by atoms with Crippen molar-refractivity contribution in [2.45, 2.75) is 90.4 Å². The first-order chi connectivity index (χ1) is 8.91. The van der Waals surface area contributed by atoms with Crippen LogP contribution in [0.15, 0.2) is 11.5 Å². The van der Waals surface area contributed by atoms with Gasteiger partial charge >= 0.3 is 0 Å². The van der Waals surface area contributed by atoms with E-state index < -0.39 is 0 Å². The average molecular weight is 271 g/mol. The van der Waals surface area contributed by atoms with Crippen LogP contribution in [0.5, 0.6) is 0 Å². The molecule has 0 aliphatic heterocycles. The zero-order chi connectivity index (χ0) is 13.3. The highest BCUT2D eigenvalue weighted by Crippen LogP contribution is 2.12. The van der Waals surface area contributed by atoms with E-state index in [0.29, 0.717) is 0 Å². The highest BCUT2D eigenvalue weighted by Gasteiger charge is 1.92. The van der Waals surface area contributed by atoms with E-state index in [1.54, 1.807) is 11.8 Å². The van der Waals surface area contributed by atoms with Crippen LogP contribution in [0, 0.1) is 0 Å². The number of hydrogen-bond acceptors (Lipinski definition) is 1. The van der Waals surface area contributed by atoms with Gasteiger partial charge in [0, 0.05) is 0 Å². The molecule has 0 aromatic carbocycles. The quantitative estimate of drug-likeness (QED) is 0.308. The van der Waals surface area contributed by atoms with E-state index in [1.807, 2.05) is 0 Å². The third-order valence-electron chi connectivity index (χ3n) is 3.46. The zero-order valence-electron chi connectivity index (χ0n) is 12.8. The monoisotopic (exact) mass is 270 g/mol. The molecule has 0 saturated heterocycles. The van der Waals surface area contributed by atoms with Gasteiger partial charge in [-0.25, -0.2) is 0 Å². The summed E-state index contributed by atoms with van der Waals surface area (Å²) in [5.41, 5.74) is 0. The van der Waals surface area contributed by atoms with Crippen LogP contribution in [0.4, 0.5) is 0 Å². The van der Waals surface area contributed by atoms with Gasteiger partial charge in [0.2, 0.25) is 0 Å². The summed E-state index contributed by atoms with van der Waals surface area (Å²) < 4.78 is 0. The van der Waals surface area contributed by atoms with E-state index >= 15 is 0 Å². The molecule has 0 nitrogen and oxygen atoms in total. The van der Waals surface area contributed by atoms with E-state index in [2.05, 4.69) is 24.7 Å². The highest BCUT2D eigenvalue weighted by molar-refractivity contribution is 8.01. The summed E-state index contributed by atoms with van der Waals surface area (Å²) in [6, 6.07) is 0. The third kappa shape index (κ3) is 16.1. The Labute approximate surface area is 120 Å². The van der Waals surface area contributed by atoms with Crippen molar-refractivity contribution in [1.82, 2.24) is 0 Å². The topological polar surface area (TPSA) is 0 Å². The molecule has 0 aliphatic carbocycles. The van der Waals surface area contributed by atoms with Gasteiger partial charge in [-0.3, -0.25) is 0 Å². The first-order valence-electron chi connectivity index (χ1n) is 8.09. The van der Waals surface area contributed by atoms with Gasteiger partial charge in [-0.05, 0) is 24.5 Å². The van der Waals surface area contributed by atoms with Gasteiger partial charge in [-0.1, -0.05) is 83.6 Å². The smallest absolute Gasteiger partial charge is 0.0142 e. The Kier molecular flexibility index (Phi) is 17.2. The Morgan fingerprint density at radius 3 is 1.56 bits per heavy atom. The van der Waals surface area contributed by atoms with Crippen molar-refractivity contribution in [1.29, 1.82) is 0 Å². The van der Waals surface area contributed by atoms with Gasteiger partial charge in [0.05, 0.1) is 0 Å². The summed E-state index contributed by atoms with van der Waals surface area (Å²) in [5, 5.41) is 2.21. The maximum absolute atomic E-state index is 2.31.